The molecule has 2 amide bonds. The Morgan fingerprint density at radius 3 is 3.10 bits per heavy atom. The second-order valence-electron chi connectivity index (χ2n) is 4.13. The number of amides is 2. The van der Waals surface area contributed by atoms with Crippen LogP contribution in [0.5, 0.6) is 5.75 Å². The molecule has 0 saturated carbocycles. The van der Waals surface area contributed by atoms with Gasteiger partial charge in [-0.2, -0.15) is 0 Å². The van der Waals surface area contributed by atoms with Crippen molar-refractivity contribution in [3.63, 3.8) is 0 Å². The van der Waals surface area contributed by atoms with Gasteiger partial charge < -0.3 is 15.4 Å². The molecular weight excluding hydrogens is 254 g/mol. The van der Waals surface area contributed by atoms with Crippen molar-refractivity contribution in [2.24, 2.45) is 0 Å². The van der Waals surface area contributed by atoms with E-state index in [1.165, 1.54) is 0 Å². The fourth-order valence-corrected chi connectivity index (χ4v) is 1.70. The van der Waals surface area contributed by atoms with Crippen LogP contribution >= 0.6 is 0 Å². The third-order valence-electron chi connectivity index (χ3n) is 2.64. The molecule has 1 aromatic carbocycles. The Labute approximate surface area is 117 Å². The molecule has 0 atom stereocenters. The molecule has 2 N–H and O–H groups in total. The Morgan fingerprint density at radius 2 is 2.25 bits per heavy atom. The van der Waals surface area contributed by atoms with Crippen molar-refractivity contribution < 1.29 is 9.53 Å². The van der Waals surface area contributed by atoms with Gasteiger partial charge in [0.15, 0.2) is 0 Å². The quantitative estimate of drug-likeness (QED) is 0.624. The van der Waals surface area contributed by atoms with Crippen molar-refractivity contribution in [3.8, 4) is 5.75 Å². The molecule has 1 heterocycles. The monoisotopic (exact) mass is 271 g/mol. The molecule has 0 unspecified atom stereocenters. The normalized spacial score (nSPS) is 10.0. The van der Waals surface area contributed by atoms with E-state index in [1.54, 1.807) is 12.3 Å². The summed E-state index contributed by atoms with van der Waals surface area (Å²) >= 11 is 0. The average molecular weight is 271 g/mol. The Kier molecular flexibility index (Phi) is 4.94. The lowest BCUT2D eigenvalue weighted by atomic mass is 10.2. The number of hydrogen-bond donors (Lipinski definition) is 2. The van der Waals surface area contributed by atoms with E-state index in [1.807, 2.05) is 30.3 Å². The predicted octanol–water partition coefficient (Wildman–Crippen LogP) is 2.10. The van der Waals surface area contributed by atoms with Crippen molar-refractivity contribution >= 4 is 16.9 Å². The minimum atomic E-state index is -0.226. The number of pyridine rings is 1. The van der Waals surface area contributed by atoms with E-state index >= 15 is 0 Å². The number of ether oxygens (including phenoxy) is 1. The van der Waals surface area contributed by atoms with Gasteiger partial charge in [-0.25, -0.2) is 4.79 Å². The lowest BCUT2D eigenvalue weighted by Gasteiger charge is -2.08. The standard InChI is InChI=1S/C15H17N3O2/c1-2-7-17-15(19)18-9-10-20-13-5-6-14-12(11-13)4-3-8-16-14/h2-6,8,11H,1,7,9-10H2,(H2,17,18,19). The number of urea groups is 1. The Morgan fingerprint density at radius 1 is 1.35 bits per heavy atom. The van der Waals surface area contributed by atoms with Crippen LogP contribution in [0.4, 0.5) is 4.79 Å². The van der Waals surface area contributed by atoms with Crippen molar-refractivity contribution in [1.29, 1.82) is 0 Å². The highest BCUT2D eigenvalue weighted by Crippen LogP contribution is 2.18. The fourth-order valence-electron chi connectivity index (χ4n) is 1.70. The molecule has 20 heavy (non-hydrogen) atoms. The Balaban J connectivity index is 1.78. The molecule has 0 fully saturated rings. The van der Waals surface area contributed by atoms with Crippen LogP contribution in [0.25, 0.3) is 10.9 Å². The summed E-state index contributed by atoms with van der Waals surface area (Å²) in [5.41, 5.74) is 0.932. The highest BCUT2D eigenvalue weighted by Gasteiger charge is 1.99. The molecule has 0 aliphatic heterocycles. The molecule has 0 radical (unpaired) electrons. The molecule has 0 aliphatic rings. The minimum absolute atomic E-state index is 0.226. The van der Waals surface area contributed by atoms with Gasteiger partial charge in [0.2, 0.25) is 0 Å². The summed E-state index contributed by atoms with van der Waals surface area (Å²) in [4.78, 5) is 15.5. The Hall–Kier alpha value is -2.56. The van der Waals surface area contributed by atoms with E-state index < -0.39 is 0 Å². The smallest absolute Gasteiger partial charge is 0.315 e. The third kappa shape index (κ3) is 3.98. The molecule has 104 valence electrons. The Bertz CT molecular complexity index is 598. The molecule has 0 aliphatic carbocycles. The first-order chi connectivity index (χ1) is 9.79. The second kappa shape index (κ2) is 7.13. The number of rotatable bonds is 6. The summed E-state index contributed by atoms with van der Waals surface area (Å²) in [6, 6.07) is 9.35. The number of carbonyl (C=O) groups is 1. The molecule has 0 spiro atoms. The van der Waals surface area contributed by atoms with Gasteiger partial charge in [-0.05, 0) is 24.3 Å². The van der Waals surface area contributed by atoms with Gasteiger partial charge >= 0.3 is 6.03 Å². The van der Waals surface area contributed by atoms with E-state index in [9.17, 15) is 4.79 Å². The first-order valence-electron chi connectivity index (χ1n) is 6.40. The zero-order valence-electron chi connectivity index (χ0n) is 11.1. The molecule has 5 nitrogen and oxygen atoms in total. The maximum atomic E-state index is 11.3. The lowest BCUT2D eigenvalue weighted by Crippen LogP contribution is -2.37. The number of hydrogen-bond acceptors (Lipinski definition) is 3. The molecule has 1 aromatic heterocycles. The summed E-state index contributed by atoms with van der Waals surface area (Å²) in [5, 5.41) is 6.34. The van der Waals surface area contributed by atoms with Crippen LogP contribution in [0.1, 0.15) is 0 Å². The molecule has 0 saturated heterocycles. The van der Waals surface area contributed by atoms with Gasteiger partial charge in [-0.15, -0.1) is 6.58 Å². The lowest BCUT2D eigenvalue weighted by molar-refractivity contribution is 0.237. The van der Waals surface area contributed by atoms with Gasteiger partial charge in [-0.3, -0.25) is 4.98 Å². The highest BCUT2D eigenvalue weighted by molar-refractivity contribution is 5.79. The van der Waals surface area contributed by atoms with Gasteiger partial charge in [0.25, 0.3) is 0 Å². The van der Waals surface area contributed by atoms with Crippen molar-refractivity contribution in [2.45, 2.75) is 0 Å². The number of aromatic nitrogens is 1. The van der Waals surface area contributed by atoms with Crippen LogP contribution < -0.4 is 15.4 Å². The van der Waals surface area contributed by atoms with Crippen molar-refractivity contribution in [2.75, 3.05) is 19.7 Å². The highest BCUT2D eigenvalue weighted by atomic mass is 16.5. The number of nitrogens with zero attached hydrogens (tertiary/aromatic N) is 1. The first kappa shape index (κ1) is 13.9. The summed E-state index contributed by atoms with van der Waals surface area (Å²) in [6.45, 7) is 4.82. The van der Waals surface area contributed by atoms with Crippen LogP contribution in [-0.2, 0) is 0 Å². The topological polar surface area (TPSA) is 63.2 Å². The van der Waals surface area contributed by atoms with E-state index in [0.717, 1.165) is 16.7 Å². The summed E-state index contributed by atoms with van der Waals surface area (Å²) in [6.07, 6.45) is 3.38. The van der Waals surface area contributed by atoms with Gasteiger partial charge in [0.05, 0.1) is 12.1 Å². The second-order valence-corrected chi connectivity index (χ2v) is 4.13. The summed E-state index contributed by atoms with van der Waals surface area (Å²) < 4.78 is 5.58. The SMILES string of the molecule is C=CCNC(=O)NCCOc1ccc2ncccc2c1. The van der Waals surface area contributed by atoms with E-state index in [2.05, 4.69) is 22.2 Å². The van der Waals surface area contributed by atoms with Crippen LogP contribution in [0, 0.1) is 0 Å². The molecular formula is C15H17N3O2. The van der Waals surface area contributed by atoms with E-state index in [4.69, 9.17) is 4.74 Å². The molecule has 2 aromatic rings. The summed E-state index contributed by atoms with van der Waals surface area (Å²) in [7, 11) is 0. The summed E-state index contributed by atoms with van der Waals surface area (Å²) in [5.74, 6) is 0.763. The van der Waals surface area contributed by atoms with Crippen LogP contribution in [0.2, 0.25) is 0 Å². The van der Waals surface area contributed by atoms with Crippen LogP contribution in [-0.4, -0.2) is 30.7 Å². The zero-order valence-corrected chi connectivity index (χ0v) is 11.1. The number of fused-ring (bicyclic) bond motifs is 1. The number of carbonyl (C=O) groups excluding carboxylic acids is 1. The van der Waals surface area contributed by atoms with E-state index in [0.29, 0.717) is 19.7 Å². The van der Waals surface area contributed by atoms with Gasteiger partial charge in [0.1, 0.15) is 12.4 Å². The molecule has 5 heteroatoms. The first-order valence-corrected chi connectivity index (χ1v) is 6.40. The molecule has 2 rings (SSSR count). The third-order valence-corrected chi connectivity index (χ3v) is 2.64. The average Bonchev–Trinajstić information content (AvgIpc) is 2.49. The van der Waals surface area contributed by atoms with Crippen molar-refractivity contribution in [3.05, 3.63) is 49.2 Å². The van der Waals surface area contributed by atoms with Gasteiger partial charge in [0, 0.05) is 18.1 Å². The fraction of sp³-hybridized carbons (Fsp3) is 0.200. The van der Waals surface area contributed by atoms with E-state index in [-0.39, 0.29) is 6.03 Å². The predicted molar refractivity (Wildman–Crippen MR) is 78.8 cm³/mol. The number of nitrogens with one attached hydrogen (secondary N) is 2. The van der Waals surface area contributed by atoms with Crippen LogP contribution in [0.3, 0.4) is 0 Å². The minimum Gasteiger partial charge on any atom is -0.492 e. The van der Waals surface area contributed by atoms with Gasteiger partial charge in [-0.1, -0.05) is 12.1 Å². The largest absolute Gasteiger partial charge is 0.492 e. The number of benzene rings is 1. The van der Waals surface area contributed by atoms with Crippen molar-refractivity contribution in [1.82, 2.24) is 15.6 Å². The zero-order chi connectivity index (χ0) is 14.2. The maximum Gasteiger partial charge on any atom is 0.315 e. The maximum absolute atomic E-state index is 11.3. The van der Waals surface area contributed by atoms with Crippen LogP contribution in [0.15, 0.2) is 49.2 Å². The molecule has 0 bridgehead atoms.